The van der Waals surface area contributed by atoms with Gasteiger partial charge in [-0.3, -0.25) is 0 Å². The van der Waals surface area contributed by atoms with E-state index in [1.165, 1.54) is 11.1 Å². The van der Waals surface area contributed by atoms with Crippen LogP contribution in [0.3, 0.4) is 0 Å². The lowest BCUT2D eigenvalue weighted by molar-refractivity contribution is 0.151. The van der Waals surface area contributed by atoms with Gasteiger partial charge in [-0.25, -0.2) is 4.79 Å². The molecule has 0 spiro atoms. The molecule has 3 nitrogen and oxygen atoms in total. The molecule has 0 saturated heterocycles. The van der Waals surface area contributed by atoms with E-state index in [-0.39, 0.29) is 24.0 Å². The lowest BCUT2D eigenvalue weighted by Crippen LogP contribution is -2.28. The van der Waals surface area contributed by atoms with Gasteiger partial charge in [0.15, 0.2) is 0 Å². The molecule has 3 atom stereocenters. The number of halogens is 1. The maximum absolute atomic E-state index is 11.7. The first kappa shape index (κ1) is 14.9. The molecule has 2 aromatic rings. The van der Waals surface area contributed by atoms with E-state index in [1.807, 2.05) is 42.5 Å². The van der Waals surface area contributed by atoms with E-state index in [9.17, 15) is 4.79 Å². The van der Waals surface area contributed by atoms with Gasteiger partial charge in [0.25, 0.3) is 0 Å². The van der Waals surface area contributed by atoms with E-state index in [4.69, 9.17) is 16.3 Å². The van der Waals surface area contributed by atoms with Gasteiger partial charge in [0.1, 0.15) is 0 Å². The second-order valence-electron chi connectivity index (χ2n) is 5.40. The first-order valence-electron chi connectivity index (χ1n) is 7.44. The summed E-state index contributed by atoms with van der Waals surface area (Å²) < 4.78 is 5.01. The average molecular weight is 316 g/mol. The number of nitrogens with one attached hydrogen (secondary N) is 1. The summed E-state index contributed by atoms with van der Waals surface area (Å²) in [5.41, 5.74) is 2.41. The molecule has 22 heavy (non-hydrogen) atoms. The summed E-state index contributed by atoms with van der Waals surface area (Å²) >= 11 is 5.96. The zero-order chi connectivity index (χ0) is 15.5. The van der Waals surface area contributed by atoms with Crippen LogP contribution in [0.2, 0.25) is 5.02 Å². The first-order chi connectivity index (χ1) is 10.7. The number of carbonyl (C=O) groups is 1. The van der Waals surface area contributed by atoms with Crippen molar-refractivity contribution >= 4 is 17.7 Å². The molecule has 2 aromatic carbocycles. The van der Waals surface area contributed by atoms with E-state index >= 15 is 0 Å². The van der Waals surface area contributed by atoms with Gasteiger partial charge >= 0.3 is 6.09 Å². The van der Waals surface area contributed by atoms with Crippen LogP contribution < -0.4 is 5.32 Å². The Balaban J connectivity index is 1.82. The van der Waals surface area contributed by atoms with E-state index in [1.54, 1.807) is 6.92 Å². The summed E-state index contributed by atoms with van der Waals surface area (Å²) in [6, 6.07) is 18.1. The molecule has 0 radical (unpaired) electrons. The standard InChI is InChI=1S/C18H18ClNO2/c1-2-22-18(21)20-17-15(12-6-4-3-5-7-12)16(17)13-8-10-14(19)11-9-13/h3-11,15-17H,2H2,1H3,(H,20,21)/t15-,16-,17?/m0/s1. The maximum Gasteiger partial charge on any atom is 0.407 e. The maximum atomic E-state index is 11.7. The molecule has 1 N–H and O–H groups in total. The monoisotopic (exact) mass is 315 g/mol. The minimum absolute atomic E-state index is 0.0580. The number of hydrogen-bond donors (Lipinski definition) is 1. The van der Waals surface area contributed by atoms with Crippen molar-refractivity contribution in [3.8, 4) is 0 Å². The van der Waals surface area contributed by atoms with Crippen LogP contribution in [0.25, 0.3) is 0 Å². The summed E-state index contributed by atoms with van der Waals surface area (Å²) in [5.74, 6) is 0.524. The Morgan fingerprint density at radius 2 is 1.64 bits per heavy atom. The lowest BCUT2D eigenvalue weighted by Gasteiger charge is -2.04. The molecule has 114 valence electrons. The van der Waals surface area contributed by atoms with Crippen molar-refractivity contribution in [2.24, 2.45) is 0 Å². The smallest absolute Gasteiger partial charge is 0.407 e. The average Bonchev–Trinajstić information content (AvgIpc) is 3.23. The summed E-state index contributed by atoms with van der Waals surface area (Å²) in [5, 5.41) is 3.69. The van der Waals surface area contributed by atoms with Gasteiger partial charge in [0.2, 0.25) is 0 Å². The Hall–Kier alpha value is -2.00. The molecule has 0 aliphatic heterocycles. The normalized spacial score (nSPS) is 22.9. The molecule has 0 aromatic heterocycles. The zero-order valence-corrected chi connectivity index (χ0v) is 13.1. The molecule has 1 amide bonds. The third kappa shape index (κ3) is 3.09. The largest absolute Gasteiger partial charge is 0.450 e. The fourth-order valence-electron chi connectivity index (χ4n) is 2.99. The van der Waals surface area contributed by atoms with Crippen molar-refractivity contribution in [3.63, 3.8) is 0 Å². The van der Waals surface area contributed by atoms with Crippen LogP contribution in [0.1, 0.15) is 29.9 Å². The Kier molecular flexibility index (Phi) is 4.34. The zero-order valence-electron chi connectivity index (χ0n) is 12.3. The highest BCUT2D eigenvalue weighted by Crippen LogP contribution is 2.54. The van der Waals surface area contributed by atoms with Crippen molar-refractivity contribution in [2.45, 2.75) is 24.8 Å². The SMILES string of the molecule is CCOC(=O)NC1[C@@H](c2ccccc2)[C@@H]1c1ccc(Cl)cc1. The highest BCUT2D eigenvalue weighted by atomic mass is 35.5. The number of ether oxygens (including phenoxy) is 1. The second kappa shape index (κ2) is 6.41. The number of amides is 1. The molecular formula is C18H18ClNO2. The van der Waals surface area contributed by atoms with Crippen LogP contribution in [-0.2, 0) is 4.74 Å². The summed E-state index contributed by atoms with van der Waals surface area (Å²) in [6.45, 7) is 2.18. The van der Waals surface area contributed by atoms with E-state index < -0.39 is 0 Å². The molecule has 0 bridgehead atoms. The van der Waals surface area contributed by atoms with Gasteiger partial charge in [-0.05, 0) is 30.2 Å². The third-order valence-electron chi connectivity index (χ3n) is 4.02. The number of benzene rings is 2. The van der Waals surface area contributed by atoms with Crippen LogP contribution >= 0.6 is 11.6 Å². The highest BCUT2D eigenvalue weighted by molar-refractivity contribution is 6.30. The van der Waals surface area contributed by atoms with E-state index in [0.717, 1.165) is 5.02 Å². The van der Waals surface area contributed by atoms with Gasteiger partial charge in [0, 0.05) is 22.9 Å². The Morgan fingerprint density at radius 3 is 2.23 bits per heavy atom. The Morgan fingerprint density at radius 1 is 1.05 bits per heavy atom. The van der Waals surface area contributed by atoms with Crippen molar-refractivity contribution in [1.82, 2.24) is 5.32 Å². The first-order valence-corrected chi connectivity index (χ1v) is 7.82. The minimum Gasteiger partial charge on any atom is -0.450 e. The number of rotatable bonds is 4. The third-order valence-corrected chi connectivity index (χ3v) is 4.27. The fraction of sp³-hybridized carbons (Fsp3) is 0.278. The van der Waals surface area contributed by atoms with Crippen LogP contribution in [-0.4, -0.2) is 18.7 Å². The molecule has 1 aliphatic carbocycles. The van der Waals surface area contributed by atoms with Crippen LogP contribution in [0.5, 0.6) is 0 Å². The molecule has 0 heterocycles. The quantitative estimate of drug-likeness (QED) is 0.911. The fourth-order valence-corrected chi connectivity index (χ4v) is 3.12. The van der Waals surface area contributed by atoms with Crippen molar-refractivity contribution in [1.29, 1.82) is 0 Å². The molecule has 1 fully saturated rings. The van der Waals surface area contributed by atoms with Crippen molar-refractivity contribution in [3.05, 3.63) is 70.7 Å². The Labute approximate surface area is 135 Å². The number of carbonyl (C=O) groups excluding carboxylic acids is 1. The summed E-state index contributed by atoms with van der Waals surface area (Å²) in [7, 11) is 0. The topological polar surface area (TPSA) is 38.3 Å². The van der Waals surface area contributed by atoms with Gasteiger partial charge in [-0.2, -0.15) is 0 Å². The second-order valence-corrected chi connectivity index (χ2v) is 5.84. The van der Waals surface area contributed by atoms with Gasteiger partial charge in [-0.1, -0.05) is 54.1 Å². The molecule has 3 rings (SSSR count). The number of alkyl carbamates (subject to hydrolysis) is 1. The van der Waals surface area contributed by atoms with E-state index in [0.29, 0.717) is 6.61 Å². The highest BCUT2D eigenvalue weighted by Gasteiger charge is 2.52. The van der Waals surface area contributed by atoms with Crippen LogP contribution in [0.4, 0.5) is 4.79 Å². The number of hydrogen-bond acceptors (Lipinski definition) is 2. The summed E-state index contributed by atoms with van der Waals surface area (Å²) in [4.78, 5) is 11.7. The molecule has 1 unspecified atom stereocenters. The van der Waals surface area contributed by atoms with Gasteiger partial charge in [-0.15, -0.1) is 0 Å². The molecule has 1 saturated carbocycles. The van der Waals surface area contributed by atoms with Crippen molar-refractivity contribution in [2.75, 3.05) is 6.61 Å². The van der Waals surface area contributed by atoms with Crippen LogP contribution in [0, 0.1) is 0 Å². The predicted molar refractivity (Wildman–Crippen MR) is 87.3 cm³/mol. The minimum atomic E-state index is -0.357. The molecular weight excluding hydrogens is 298 g/mol. The van der Waals surface area contributed by atoms with E-state index in [2.05, 4.69) is 17.4 Å². The molecule has 1 aliphatic rings. The lowest BCUT2D eigenvalue weighted by atomic mass is 10.0. The Bertz CT molecular complexity index is 642. The summed E-state index contributed by atoms with van der Waals surface area (Å²) in [6.07, 6.45) is -0.357. The predicted octanol–water partition coefficient (Wildman–Crippen LogP) is 4.34. The van der Waals surface area contributed by atoms with Gasteiger partial charge < -0.3 is 10.1 Å². The van der Waals surface area contributed by atoms with Crippen molar-refractivity contribution < 1.29 is 9.53 Å². The molecule has 4 heteroatoms. The van der Waals surface area contributed by atoms with Gasteiger partial charge in [0.05, 0.1) is 6.61 Å². The van der Waals surface area contributed by atoms with Crippen LogP contribution in [0.15, 0.2) is 54.6 Å².